The molecule has 4 heterocycles. The summed E-state index contributed by atoms with van der Waals surface area (Å²) in [6.07, 6.45) is 5.74. The van der Waals surface area contributed by atoms with E-state index in [2.05, 4.69) is 30.1 Å². The lowest BCUT2D eigenvalue weighted by Crippen LogP contribution is -2.46. The lowest BCUT2D eigenvalue weighted by Gasteiger charge is -2.34. The Labute approximate surface area is 228 Å². The molecule has 0 unspecified atom stereocenters. The summed E-state index contributed by atoms with van der Waals surface area (Å²) in [6.45, 7) is 11.6. The number of nitrogens with zero attached hydrogens (tertiary/aromatic N) is 6. The molecule has 0 atom stereocenters. The van der Waals surface area contributed by atoms with E-state index in [1.165, 1.54) is 25.5 Å². The monoisotopic (exact) mass is 535 g/mol. The molecule has 0 spiro atoms. The number of piperazine rings is 1. The number of hydrogen-bond donors (Lipinski definition) is 1. The van der Waals surface area contributed by atoms with Crippen molar-refractivity contribution in [3.05, 3.63) is 53.9 Å². The molecule has 206 valence electrons. The second-order valence-electron chi connectivity index (χ2n) is 11.0. The molecule has 2 aromatic heterocycles. The van der Waals surface area contributed by atoms with Crippen LogP contribution in [0.5, 0.6) is 5.75 Å². The number of benzene rings is 1. The Bertz CT molecular complexity index is 1310. The van der Waals surface area contributed by atoms with Gasteiger partial charge in [-0.2, -0.15) is 0 Å². The highest BCUT2D eigenvalue weighted by atomic mass is 19.1. The Morgan fingerprint density at radius 3 is 2.49 bits per heavy atom. The van der Waals surface area contributed by atoms with Gasteiger partial charge in [-0.15, -0.1) is 0 Å². The Hall–Kier alpha value is -3.37. The van der Waals surface area contributed by atoms with E-state index < -0.39 is 11.6 Å². The van der Waals surface area contributed by atoms with Crippen molar-refractivity contribution in [1.82, 2.24) is 24.8 Å². The number of ether oxygens (including phenoxy) is 1. The lowest BCUT2D eigenvalue weighted by molar-refractivity contribution is 0.123. The third kappa shape index (κ3) is 5.96. The van der Waals surface area contributed by atoms with E-state index in [4.69, 9.17) is 4.74 Å². The molecule has 6 rings (SSSR count). The fourth-order valence-electron chi connectivity index (χ4n) is 5.36. The van der Waals surface area contributed by atoms with Crippen molar-refractivity contribution in [3.8, 4) is 17.0 Å². The molecule has 1 N–H and O–H groups in total. The number of hydrogen-bond acceptors (Lipinski definition) is 8. The van der Waals surface area contributed by atoms with Crippen LogP contribution in [0, 0.1) is 17.6 Å². The zero-order valence-corrected chi connectivity index (χ0v) is 22.5. The molecule has 0 radical (unpaired) electrons. The average Bonchev–Trinajstić information content (AvgIpc) is 3.75. The summed E-state index contributed by atoms with van der Waals surface area (Å²) in [7, 11) is 0. The van der Waals surface area contributed by atoms with Gasteiger partial charge in [0.2, 0.25) is 5.95 Å². The van der Waals surface area contributed by atoms with Gasteiger partial charge in [-0.25, -0.2) is 23.7 Å². The third-order valence-electron chi connectivity index (χ3n) is 7.70. The fraction of sp³-hybridized carbons (Fsp3) is 0.483. The molecule has 1 saturated carbocycles. The smallest absolute Gasteiger partial charge is 0.229 e. The number of anilines is 3. The molecule has 39 heavy (non-hydrogen) atoms. The van der Waals surface area contributed by atoms with Crippen LogP contribution in [-0.2, 0) is 6.54 Å². The fourth-order valence-corrected chi connectivity index (χ4v) is 5.36. The number of pyridine rings is 1. The van der Waals surface area contributed by atoms with Crippen LogP contribution >= 0.6 is 0 Å². The van der Waals surface area contributed by atoms with Gasteiger partial charge in [0.15, 0.2) is 17.4 Å². The quantitative estimate of drug-likeness (QED) is 0.446. The largest absolute Gasteiger partial charge is 0.486 e. The number of fused-ring (bicyclic) bond motifs is 1. The first-order valence-corrected chi connectivity index (χ1v) is 13.9. The normalized spacial score (nSPS) is 18.2. The minimum absolute atomic E-state index is 0.0147. The minimum atomic E-state index is -0.631. The van der Waals surface area contributed by atoms with Gasteiger partial charge in [-0.05, 0) is 56.4 Å². The first-order valence-electron chi connectivity index (χ1n) is 13.9. The molecule has 10 heteroatoms. The van der Waals surface area contributed by atoms with E-state index in [0.29, 0.717) is 30.2 Å². The molecule has 0 amide bonds. The van der Waals surface area contributed by atoms with Gasteiger partial charge in [-0.1, -0.05) is 6.07 Å². The molecule has 2 fully saturated rings. The van der Waals surface area contributed by atoms with E-state index in [0.717, 1.165) is 50.4 Å². The summed E-state index contributed by atoms with van der Waals surface area (Å²) in [5.74, 6) is 0.701. The number of rotatable bonds is 8. The molecular weight excluding hydrogens is 500 g/mol. The van der Waals surface area contributed by atoms with Crippen LogP contribution in [0.1, 0.15) is 32.3 Å². The highest BCUT2D eigenvalue weighted by Crippen LogP contribution is 2.39. The predicted molar refractivity (Wildman–Crippen MR) is 147 cm³/mol. The van der Waals surface area contributed by atoms with Gasteiger partial charge in [0.05, 0.1) is 18.4 Å². The zero-order valence-electron chi connectivity index (χ0n) is 22.5. The predicted octanol–water partition coefficient (Wildman–Crippen LogP) is 4.70. The van der Waals surface area contributed by atoms with Crippen LogP contribution in [0.2, 0.25) is 0 Å². The van der Waals surface area contributed by atoms with Crippen LogP contribution in [0.4, 0.5) is 26.2 Å². The summed E-state index contributed by atoms with van der Waals surface area (Å²) in [5, 5.41) is 3.06. The summed E-state index contributed by atoms with van der Waals surface area (Å²) in [5.41, 5.74) is 2.07. The topological polar surface area (TPSA) is 69.7 Å². The zero-order chi connectivity index (χ0) is 26.9. The van der Waals surface area contributed by atoms with Gasteiger partial charge in [0.1, 0.15) is 18.1 Å². The average molecular weight is 536 g/mol. The van der Waals surface area contributed by atoms with E-state index in [9.17, 15) is 8.78 Å². The van der Waals surface area contributed by atoms with Gasteiger partial charge in [0, 0.05) is 57.1 Å². The first kappa shape index (κ1) is 25.9. The second kappa shape index (κ2) is 11.0. The van der Waals surface area contributed by atoms with E-state index in [1.807, 2.05) is 37.1 Å². The molecule has 3 aromatic rings. The van der Waals surface area contributed by atoms with Crippen LogP contribution in [0.25, 0.3) is 11.3 Å². The highest BCUT2D eigenvalue weighted by Gasteiger charge is 2.27. The van der Waals surface area contributed by atoms with Crippen LogP contribution in [0.15, 0.2) is 36.7 Å². The van der Waals surface area contributed by atoms with Crippen molar-refractivity contribution >= 4 is 17.5 Å². The molecule has 0 bridgehead atoms. The minimum Gasteiger partial charge on any atom is -0.486 e. The molecule has 1 aromatic carbocycles. The highest BCUT2D eigenvalue weighted by molar-refractivity contribution is 5.73. The van der Waals surface area contributed by atoms with Crippen LogP contribution in [0.3, 0.4) is 0 Å². The van der Waals surface area contributed by atoms with Gasteiger partial charge in [-0.3, -0.25) is 4.90 Å². The maximum atomic E-state index is 15.0. The van der Waals surface area contributed by atoms with Crippen molar-refractivity contribution in [2.24, 2.45) is 5.92 Å². The first-order chi connectivity index (χ1) is 18.9. The van der Waals surface area contributed by atoms with E-state index in [1.54, 1.807) is 6.07 Å². The van der Waals surface area contributed by atoms with E-state index in [-0.39, 0.29) is 23.4 Å². The molecule has 8 nitrogen and oxygen atoms in total. The maximum Gasteiger partial charge on any atom is 0.229 e. The Kier molecular flexibility index (Phi) is 7.31. The summed E-state index contributed by atoms with van der Waals surface area (Å²) < 4.78 is 35.4. The number of nitrogens with one attached hydrogen (secondary N) is 1. The maximum absolute atomic E-state index is 15.0. The molecule has 2 aliphatic heterocycles. The van der Waals surface area contributed by atoms with Gasteiger partial charge < -0.3 is 19.9 Å². The standard InChI is InChI=1S/C29H35F2N7O/c1-19(2)38-11-12-39-28-23(30)13-22(14-25(28)38)27-24(31)16-33-29(35-27)34-26-6-5-21(15-32-26)18-37-9-7-36(8-10-37)17-20-3-4-20/h5-6,13-16,19-20H,3-4,7-12,17-18H2,1-2H3,(H,32,33,34,35). The lowest BCUT2D eigenvalue weighted by atomic mass is 10.1. The summed E-state index contributed by atoms with van der Waals surface area (Å²) in [6, 6.07) is 7.04. The van der Waals surface area contributed by atoms with Crippen molar-refractivity contribution in [2.45, 2.75) is 39.3 Å². The van der Waals surface area contributed by atoms with E-state index >= 15 is 0 Å². The van der Waals surface area contributed by atoms with Crippen molar-refractivity contribution in [1.29, 1.82) is 0 Å². The number of aromatic nitrogens is 3. The van der Waals surface area contributed by atoms with Crippen molar-refractivity contribution in [3.63, 3.8) is 0 Å². The van der Waals surface area contributed by atoms with Crippen molar-refractivity contribution in [2.75, 3.05) is 56.1 Å². The molecular formula is C29H35F2N7O. The molecule has 1 aliphatic carbocycles. The van der Waals surface area contributed by atoms with Crippen LogP contribution < -0.4 is 15.0 Å². The van der Waals surface area contributed by atoms with Crippen LogP contribution in [-0.4, -0.2) is 76.7 Å². The third-order valence-corrected chi connectivity index (χ3v) is 7.70. The SMILES string of the molecule is CC(C)N1CCOc2c(F)cc(-c3nc(Nc4ccc(CN5CCN(CC6CC6)CC5)cn4)ncc3F)cc21. The van der Waals surface area contributed by atoms with Crippen molar-refractivity contribution < 1.29 is 13.5 Å². The van der Waals surface area contributed by atoms with Gasteiger partial charge >= 0.3 is 0 Å². The Morgan fingerprint density at radius 2 is 1.77 bits per heavy atom. The second-order valence-corrected chi connectivity index (χ2v) is 11.0. The molecule has 3 aliphatic rings. The molecule has 1 saturated heterocycles. The summed E-state index contributed by atoms with van der Waals surface area (Å²) >= 11 is 0. The number of halogens is 2. The Morgan fingerprint density at radius 1 is 0.974 bits per heavy atom. The Balaban J connectivity index is 1.13. The summed E-state index contributed by atoms with van der Waals surface area (Å²) in [4.78, 5) is 20.1. The van der Waals surface area contributed by atoms with Gasteiger partial charge in [0.25, 0.3) is 0 Å².